The summed E-state index contributed by atoms with van der Waals surface area (Å²) in [5.41, 5.74) is 0.896. The van der Waals surface area contributed by atoms with Crippen molar-refractivity contribution in [2.24, 2.45) is 5.92 Å². The zero-order valence-electron chi connectivity index (χ0n) is 14.8. The fraction of sp³-hybridized carbons (Fsp3) is 0.556. The van der Waals surface area contributed by atoms with Crippen molar-refractivity contribution in [1.82, 2.24) is 4.90 Å². The molecule has 0 spiro atoms. The van der Waals surface area contributed by atoms with Gasteiger partial charge in [-0.15, -0.1) is 0 Å². The number of carbonyl (C=O) groups excluding carboxylic acids is 2. The van der Waals surface area contributed by atoms with E-state index in [0.717, 1.165) is 5.56 Å². The van der Waals surface area contributed by atoms with Crippen LogP contribution in [0.25, 0.3) is 0 Å². The van der Waals surface area contributed by atoms with E-state index in [2.05, 4.69) is 0 Å². The van der Waals surface area contributed by atoms with E-state index in [1.807, 2.05) is 32.9 Å². The Balaban J connectivity index is 2.94. The minimum absolute atomic E-state index is 0.227. The van der Waals surface area contributed by atoms with Crippen LogP contribution in [0.3, 0.4) is 0 Å². The molecule has 0 aromatic heterocycles. The van der Waals surface area contributed by atoms with Crippen molar-refractivity contribution < 1.29 is 19.1 Å². The normalized spacial score (nSPS) is 11.9. The van der Waals surface area contributed by atoms with Gasteiger partial charge in [0.05, 0.1) is 13.2 Å². The van der Waals surface area contributed by atoms with Gasteiger partial charge in [0.2, 0.25) is 0 Å². The average Bonchev–Trinajstić information content (AvgIpc) is 2.54. The summed E-state index contributed by atoms with van der Waals surface area (Å²) in [7, 11) is 0. The largest absolute Gasteiger partial charge is 0.464 e. The Kier molecular flexibility index (Phi) is 8.61. The Morgan fingerprint density at radius 1 is 1.12 bits per heavy atom. The number of halogens is 1. The lowest BCUT2D eigenvalue weighted by atomic mass is 10.0. The van der Waals surface area contributed by atoms with Crippen LogP contribution in [0.5, 0.6) is 0 Å². The third kappa shape index (κ3) is 6.40. The molecule has 0 aliphatic heterocycles. The molecule has 5 nitrogen and oxygen atoms in total. The number of ether oxygens (including phenoxy) is 2. The van der Waals surface area contributed by atoms with Crippen LogP contribution in [0.15, 0.2) is 24.3 Å². The Labute approximate surface area is 148 Å². The van der Waals surface area contributed by atoms with Crippen LogP contribution in [0.2, 0.25) is 5.02 Å². The van der Waals surface area contributed by atoms with Gasteiger partial charge in [0, 0.05) is 18.0 Å². The Bertz CT molecular complexity index is 530. The lowest BCUT2D eigenvalue weighted by Gasteiger charge is -2.28. The van der Waals surface area contributed by atoms with E-state index in [-0.39, 0.29) is 12.5 Å². The Hall–Kier alpha value is -1.75. The van der Waals surface area contributed by atoms with Gasteiger partial charge in [-0.2, -0.15) is 0 Å². The highest BCUT2D eigenvalue weighted by molar-refractivity contribution is 6.30. The van der Waals surface area contributed by atoms with Crippen molar-refractivity contribution in [3.63, 3.8) is 0 Å². The van der Waals surface area contributed by atoms with E-state index in [9.17, 15) is 9.59 Å². The summed E-state index contributed by atoms with van der Waals surface area (Å²) in [6.45, 7) is 8.39. The molecule has 1 unspecified atom stereocenters. The third-order valence-corrected chi connectivity index (χ3v) is 3.64. The molecule has 0 fully saturated rings. The van der Waals surface area contributed by atoms with Gasteiger partial charge in [0.25, 0.3) is 0 Å². The van der Waals surface area contributed by atoms with Gasteiger partial charge in [-0.3, -0.25) is 4.90 Å². The maximum atomic E-state index is 12.4. The molecule has 1 atom stereocenters. The summed E-state index contributed by atoms with van der Waals surface area (Å²) in [5, 5.41) is 0.620. The molecule has 0 saturated heterocycles. The van der Waals surface area contributed by atoms with Gasteiger partial charge < -0.3 is 9.47 Å². The van der Waals surface area contributed by atoms with Gasteiger partial charge in [0.1, 0.15) is 6.04 Å². The summed E-state index contributed by atoms with van der Waals surface area (Å²) in [4.78, 5) is 26.1. The molecule has 24 heavy (non-hydrogen) atoms. The van der Waals surface area contributed by atoms with Crippen molar-refractivity contribution in [2.45, 2.75) is 40.2 Å². The second-order valence-electron chi connectivity index (χ2n) is 5.86. The number of hydrogen-bond donors (Lipinski definition) is 0. The zero-order valence-corrected chi connectivity index (χ0v) is 15.5. The van der Waals surface area contributed by atoms with Crippen LogP contribution in [0.4, 0.5) is 4.79 Å². The molecule has 134 valence electrons. The first-order valence-electron chi connectivity index (χ1n) is 8.23. The number of esters is 1. The predicted octanol–water partition coefficient (Wildman–Crippen LogP) is 3.93. The van der Waals surface area contributed by atoms with Crippen molar-refractivity contribution in [1.29, 1.82) is 0 Å². The first kappa shape index (κ1) is 20.3. The van der Waals surface area contributed by atoms with E-state index in [1.165, 1.54) is 4.90 Å². The predicted molar refractivity (Wildman–Crippen MR) is 94.1 cm³/mol. The van der Waals surface area contributed by atoms with Crippen LogP contribution in [0.1, 0.15) is 33.3 Å². The van der Waals surface area contributed by atoms with Crippen LogP contribution >= 0.6 is 11.6 Å². The van der Waals surface area contributed by atoms with Crippen LogP contribution in [-0.2, 0) is 20.7 Å². The number of benzene rings is 1. The number of likely N-dealkylation sites (N-methyl/N-ethyl adjacent to an activating group) is 1. The number of rotatable bonds is 8. The van der Waals surface area contributed by atoms with Crippen LogP contribution < -0.4 is 0 Å². The summed E-state index contributed by atoms with van der Waals surface area (Å²) in [6, 6.07) is 6.46. The first-order valence-corrected chi connectivity index (χ1v) is 8.61. The van der Waals surface area contributed by atoms with Gasteiger partial charge in [-0.05, 0) is 37.5 Å². The second-order valence-corrected chi connectivity index (χ2v) is 6.29. The third-order valence-electron chi connectivity index (χ3n) is 3.39. The standard InChI is InChI=1S/C18H26ClNO4/c1-5-20(18(22)24-12-13(3)4)16(17(21)23-6-2)11-14-7-9-15(19)10-8-14/h7-10,13,16H,5-6,11-12H2,1-4H3. The van der Waals surface area contributed by atoms with Gasteiger partial charge in [-0.25, -0.2) is 9.59 Å². The molecular weight excluding hydrogens is 330 g/mol. The fourth-order valence-corrected chi connectivity index (χ4v) is 2.33. The quantitative estimate of drug-likeness (QED) is 0.663. The fourth-order valence-electron chi connectivity index (χ4n) is 2.20. The topological polar surface area (TPSA) is 55.8 Å². The maximum Gasteiger partial charge on any atom is 0.410 e. The van der Waals surface area contributed by atoms with Crippen molar-refractivity contribution in [2.75, 3.05) is 19.8 Å². The van der Waals surface area contributed by atoms with E-state index >= 15 is 0 Å². The van der Waals surface area contributed by atoms with Crippen LogP contribution in [-0.4, -0.2) is 42.8 Å². The molecule has 1 rings (SSSR count). The molecular formula is C18H26ClNO4. The minimum Gasteiger partial charge on any atom is -0.464 e. The van der Waals surface area contributed by atoms with E-state index in [1.54, 1.807) is 19.1 Å². The average molecular weight is 356 g/mol. The maximum absolute atomic E-state index is 12.4. The molecule has 0 radical (unpaired) electrons. The highest BCUT2D eigenvalue weighted by Gasteiger charge is 2.31. The highest BCUT2D eigenvalue weighted by atomic mass is 35.5. The summed E-state index contributed by atoms with van der Waals surface area (Å²) < 4.78 is 10.4. The number of carbonyl (C=O) groups is 2. The van der Waals surface area contributed by atoms with Gasteiger partial charge in [-0.1, -0.05) is 37.6 Å². The summed E-state index contributed by atoms with van der Waals surface area (Å²) >= 11 is 5.90. The summed E-state index contributed by atoms with van der Waals surface area (Å²) in [6.07, 6.45) is -0.154. The van der Waals surface area contributed by atoms with Crippen molar-refractivity contribution in [3.8, 4) is 0 Å². The van der Waals surface area contributed by atoms with Crippen molar-refractivity contribution in [3.05, 3.63) is 34.9 Å². The minimum atomic E-state index is -0.726. The molecule has 0 bridgehead atoms. The number of amides is 1. The van der Waals surface area contributed by atoms with Crippen LogP contribution in [0, 0.1) is 5.92 Å². The lowest BCUT2D eigenvalue weighted by Crippen LogP contribution is -2.47. The first-order chi connectivity index (χ1) is 11.4. The van der Waals surface area contributed by atoms with Gasteiger partial charge >= 0.3 is 12.1 Å². The highest BCUT2D eigenvalue weighted by Crippen LogP contribution is 2.16. The van der Waals surface area contributed by atoms with Gasteiger partial charge in [0.15, 0.2) is 0 Å². The van der Waals surface area contributed by atoms with E-state index in [0.29, 0.717) is 24.6 Å². The number of hydrogen-bond acceptors (Lipinski definition) is 4. The molecule has 6 heteroatoms. The Morgan fingerprint density at radius 2 is 1.75 bits per heavy atom. The molecule has 1 aromatic carbocycles. The molecule has 0 saturated carbocycles. The Morgan fingerprint density at radius 3 is 2.25 bits per heavy atom. The second kappa shape index (κ2) is 10.2. The molecule has 0 aliphatic rings. The monoisotopic (exact) mass is 355 g/mol. The summed E-state index contributed by atoms with van der Waals surface area (Å²) in [5.74, 6) is -0.208. The smallest absolute Gasteiger partial charge is 0.410 e. The van der Waals surface area contributed by atoms with E-state index < -0.39 is 18.1 Å². The van der Waals surface area contributed by atoms with Crippen molar-refractivity contribution >= 4 is 23.7 Å². The SMILES string of the molecule is CCOC(=O)C(Cc1ccc(Cl)cc1)N(CC)C(=O)OCC(C)C. The van der Waals surface area contributed by atoms with E-state index in [4.69, 9.17) is 21.1 Å². The molecule has 1 aromatic rings. The molecule has 0 aliphatic carbocycles. The number of nitrogens with zero attached hydrogens (tertiary/aromatic N) is 1. The molecule has 0 heterocycles. The zero-order chi connectivity index (χ0) is 18.1. The lowest BCUT2D eigenvalue weighted by molar-refractivity contribution is -0.149. The molecule has 0 N–H and O–H groups in total. The molecule has 1 amide bonds.